The summed E-state index contributed by atoms with van der Waals surface area (Å²) < 4.78 is 14.1. The van der Waals surface area contributed by atoms with Gasteiger partial charge in [-0.1, -0.05) is 24.1 Å². The van der Waals surface area contributed by atoms with Gasteiger partial charge >= 0.3 is 0 Å². The van der Waals surface area contributed by atoms with Gasteiger partial charge in [0.15, 0.2) is 0 Å². The molecule has 1 aliphatic carbocycles. The lowest BCUT2D eigenvalue weighted by Gasteiger charge is -2.32. The van der Waals surface area contributed by atoms with Crippen LogP contribution in [0.15, 0.2) is 35.0 Å². The highest BCUT2D eigenvalue weighted by Crippen LogP contribution is 2.36. The maximum atomic E-state index is 12.8. The molecule has 1 aliphatic heterocycles. The Labute approximate surface area is 183 Å². The van der Waals surface area contributed by atoms with Crippen molar-refractivity contribution in [3.8, 4) is 5.75 Å². The number of benzene rings is 1. The number of carbonyl (C=O) groups is 1. The third kappa shape index (κ3) is 3.95. The molecule has 0 unspecified atom stereocenters. The van der Waals surface area contributed by atoms with Gasteiger partial charge in [-0.15, -0.1) is 0 Å². The first-order valence-electron chi connectivity index (χ1n) is 11.6. The van der Waals surface area contributed by atoms with E-state index in [2.05, 4.69) is 40.2 Å². The smallest absolute Gasteiger partial charge is 0.227 e. The number of hydrogen-bond acceptors (Lipinski definition) is 4. The first-order valence-corrected chi connectivity index (χ1v) is 11.6. The number of fused-ring (bicyclic) bond motifs is 1. The fraction of sp³-hybridized carbons (Fsp3) is 0.520. The highest BCUT2D eigenvalue weighted by Gasteiger charge is 2.26. The molecule has 3 aromatic rings. The van der Waals surface area contributed by atoms with Gasteiger partial charge in [-0.05, 0) is 44.9 Å². The number of hydrogen-bond donors (Lipinski definition) is 0. The van der Waals surface area contributed by atoms with Crippen LogP contribution in [-0.2, 0) is 11.2 Å². The summed E-state index contributed by atoms with van der Waals surface area (Å²) in [5.41, 5.74) is 3.00. The lowest BCUT2D eigenvalue weighted by atomic mass is 10.1. The molecule has 0 N–H and O–H groups in total. The van der Waals surface area contributed by atoms with Gasteiger partial charge in [-0.3, -0.25) is 4.79 Å². The average Bonchev–Trinajstić information content (AvgIpc) is 3.51. The average molecular weight is 422 g/mol. The zero-order valence-electron chi connectivity index (χ0n) is 18.5. The summed E-state index contributed by atoms with van der Waals surface area (Å²) in [5.74, 6) is 1.85. The highest BCUT2D eigenvalue weighted by atomic mass is 16.5. The molecule has 6 heteroatoms. The number of nitrogens with zero attached hydrogens (tertiary/aromatic N) is 3. The molecule has 0 radical (unpaired) electrons. The minimum atomic E-state index is 0.142. The van der Waals surface area contributed by atoms with Crippen LogP contribution < -0.4 is 4.74 Å². The number of rotatable bonds is 5. The third-order valence-electron chi connectivity index (χ3n) is 7.04. The van der Waals surface area contributed by atoms with Crippen LogP contribution in [-0.4, -0.2) is 39.7 Å². The van der Waals surface area contributed by atoms with Gasteiger partial charge in [-0.25, -0.2) is 0 Å². The summed E-state index contributed by atoms with van der Waals surface area (Å²) in [7, 11) is 0. The van der Waals surface area contributed by atoms with Crippen molar-refractivity contribution < 1.29 is 14.1 Å². The predicted octanol–water partition coefficient (Wildman–Crippen LogP) is 4.97. The van der Waals surface area contributed by atoms with Gasteiger partial charge < -0.3 is 18.7 Å². The molecule has 2 aliphatic rings. The second-order valence-corrected chi connectivity index (χ2v) is 9.03. The van der Waals surface area contributed by atoms with Crippen LogP contribution in [0.4, 0.5) is 0 Å². The lowest BCUT2D eigenvalue weighted by molar-refractivity contribution is -0.132. The Morgan fingerprint density at radius 3 is 2.61 bits per heavy atom. The largest absolute Gasteiger partial charge is 0.490 e. The van der Waals surface area contributed by atoms with E-state index in [-0.39, 0.29) is 12.0 Å². The number of aromatic nitrogens is 2. The van der Waals surface area contributed by atoms with E-state index in [0.717, 1.165) is 48.7 Å². The van der Waals surface area contributed by atoms with Gasteiger partial charge in [0.2, 0.25) is 5.91 Å². The lowest BCUT2D eigenvalue weighted by Crippen LogP contribution is -2.42. The van der Waals surface area contributed by atoms with Crippen LogP contribution in [0.3, 0.4) is 0 Å². The minimum Gasteiger partial charge on any atom is -0.490 e. The van der Waals surface area contributed by atoms with E-state index in [1.54, 1.807) is 0 Å². The topological polar surface area (TPSA) is 60.5 Å². The normalized spacial score (nSPS) is 18.2. The number of amides is 1. The first-order chi connectivity index (χ1) is 15.1. The number of ether oxygens (including phenoxy) is 1. The summed E-state index contributed by atoms with van der Waals surface area (Å²) in [6, 6.07) is 9.21. The number of aryl methyl sites for hydroxylation is 2. The molecule has 1 saturated carbocycles. The standard InChI is InChI=1S/C25H31N3O3/c1-17-22(18(2)31-26-17)16-25(29)27-13-10-20(11-14-27)30-24-9-5-8-23-21(24)12-15-28(23)19-6-3-4-7-19/h5,8-9,12,15,19-20H,3-4,6-7,10-11,13-14,16H2,1-2H3. The summed E-state index contributed by atoms with van der Waals surface area (Å²) in [6.45, 7) is 5.21. The molecule has 2 aromatic heterocycles. The fourth-order valence-corrected chi connectivity index (χ4v) is 5.18. The van der Waals surface area contributed by atoms with E-state index in [9.17, 15) is 4.79 Å². The van der Waals surface area contributed by atoms with Crippen molar-refractivity contribution in [2.24, 2.45) is 0 Å². The van der Waals surface area contributed by atoms with Crippen molar-refractivity contribution in [1.29, 1.82) is 0 Å². The Bertz CT molecular complexity index is 1050. The Balaban J connectivity index is 1.22. The van der Waals surface area contributed by atoms with E-state index < -0.39 is 0 Å². The molecule has 164 valence electrons. The van der Waals surface area contributed by atoms with Crippen molar-refractivity contribution in [1.82, 2.24) is 14.6 Å². The van der Waals surface area contributed by atoms with Gasteiger partial charge in [0, 0.05) is 49.1 Å². The van der Waals surface area contributed by atoms with Crippen LogP contribution in [0.25, 0.3) is 10.9 Å². The quantitative estimate of drug-likeness (QED) is 0.583. The summed E-state index contributed by atoms with van der Waals surface area (Å²) in [5, 5.41) is 5.16. The molecule has 31 heavy (non-hydrogen) atoms. The van der Waals surface area contributed by atoms with Gasteiger partial charge in [0.25, 0.3) is 0 Å². The molecule has 1 aromatic carbocycles. The van der Waals surface area contributed by atoms with Crippen LogP contribution in [0.5, 0.6) is 5.75 Å². The molecular weight excluding hydrogens is 390 g/mol. The monoisotopic (exact) mass is 421 g/mol. The zero-order valence-corrected chi connectivity index (χ0v) is 18.5. The molecule has 2 fully saturated rings. The van der Waals surface area contributed by atoms with Crippen LogP contribution in [0.1, 0.15) is 61.6 Å². The second-order valence-electron chi connectivity index (χ2n) is 9.03. The van der Waals surface area contributed by atoms with E-state index in [4.69, 9.17) is 9.26 Å². The van der Waals surface area contributed by atoms with Crippen molar-refractivity contribution >= 4 is 16.8 Å². The molecule has 1 saturated heterocycles. The molecule has 0 bridgehead atoms. The van der Waals surface area contributed by atoms with Gasteiger partial charge in [0.1, 0.15) is 17.6 Å². The predicted molar refractivity (Wildman–Crippen MR) is 119 cm³/mol. The molecule has 5 rings (SSSR count). The SMILES string of the molecule is Cc1noc(C)c1CC(=O)N1CCC(Oc2cccc3c2ccn3C2CCCC2)CC1. The van der Waals surface area contributed by atoms with E-state index in [1.807, 2.05) is 18.7 Å². The third-order valence-corrected chi connectivity index (χ3v) is 7.04. The second kappa shape index (κ2) is 8.40. The van der Waals surface area contributed by atoms with E-state index in [0.29, 0.717) is 12.5 Å². The molecule has 1 amide bonds. The maximum Gasteiger partial charge on any atom is 0.227 e. The van der Waals surface area contributed by atoms with E-state index in [1.165, 1.54) is 36.6 Å². The first kappa shape index (κ1) is 20.2. The summed E-state index contributed by atoms with van der Waals surface area (Å²) in [6.07, 6.45) is 9.64. The van der Waals surface area contributed by atoms with Crippen LogP contribution in [0.2, 0.25) is 0 Å². The summed E-state index contributed by atoms with van der Waals surface area (Å²) >= 11 is 0. The molecule has 3 heterocycles. The number of piperidine rings is 1. The highest BCUT2D eigenvalue weighted by molar-refractivity contribution is 5.86. The van der Waals surface area contributed by atoms with Crippen molar-refractivity contribution in [2.45, 2.75) is 70.9 Å². The zero-order chi connectivity index (χ0) is 21.4. The van der Waals surface area contributed by atoms with Crippen molar-refractivity contribution in [3.05, 3.63) is 47.5 Å². The van der Waals surface area contributed by atoms with Crippen molar-refractivity contribution in [2.75, 3.05) is 13.1 Å². The molecule has 0 atom stereocenters. The number of likely N-dealkylation sites (tertiary alicyclic amines) is 1. The Hall–Kier alpha value is -2.76. The minimum absolute atomic E-state index is 0.142. The van der Waals surface area contributed by atoms with Crippen LogP contribution in [0, 0.1) is 13.8 Å². The number of carbonyl (C=O) groups excluding carboxylic acids is 1. The van der Waals surface area contributed by atoms with Crippen molar-refractivity contribution in [3.63, 3.8) is 0 Å². The molecule has 6 nitrogen and oxygen atoms in total. The van der Waals surface area contributed by atoms with Crippen LogP contribution >= 0.6 is 0 Å². The fourth-order valence-electron chi connectivity index (χ4n) is 5.18. The van der Waals surface area contributed by atoms with Gasteiger partial charge in [0.05, 0.1) is 17.6 Å². The Morgan fingerprint density at radius 1 is 1.13 bits per heavy atom. The summed E-state index contributed by atoms with van der Waals surface area (Å²) in [4.78, 5) is 14.7. The van der Waals surface area contributed by atoms with E-state index >= 15 is 0 Å². The molecular formula is C25H31N3O3. The Kier molecular flexibility index (Phi) is 5.47. The Morgan fingerprint density at radius 2 is 1.90 bits per heavy atom. The maximum absolute atomic E-state index is 12.8. The van der Waals surface area contributed by atoms with Gasteiger partial charge in [-0.2, -0.15) is 0 Å². The molecule has 0 spiro atoms.